The molecule has 1 heterocycles. The Hall–Kier alpha value is -2.08. The van der Waals surface area contributed by atoms with Gasteiger partial charge in [-0.1, -0.05) is 37.3 Å². The van der Waals surface area contributed by atoms with Gasteiger partial charge in [-0.2, -0.15) is 0 Å². The van der Waals surface area contributed by atoms with Crippen LogP contribution in [0, 0.1) is 0 Å². The molecule has 4 rings (SSSR count). The lowest BCUT2D eigenvalue weighted by Crippen LogP contribution is -2.35. The van der Waals surface area contributed by atoms with Gasteiger partial charge in [-0.15, -0.1) is 0 Å². The number of fused-ring (bicyclic) bond motifs is 2. The van der Waals surface area contributed by atoms with Gasteiger partial charge in [0.25, 0.3) is 0 Å². The van der Waals surface area contributed by atoms with Gasteiger partial charge in [0.05, 0.1) is 18.8 Å². The maximum atomic E-state index is 10.6. The van der Waals surface area contributed by atoms with Gasteiger partial charge < -0.3 is 19.3 Å². The summed E-state index contributed by atoms with van der Waals surface area (Å²) in [4.78, 5) is 2.23. The molecular formula is C24H31NO4. The van der Waals surface area contributed by atoms with Crippen molar-refractivity contribution in [3.05, 3.63) is 59.2 Å². The van der Waals surface area contributed by atoms with E-state index >= 15 is 0 Å². The first-order chi connectivity index (χ1) is 14.2. The van der Waals surface area contributed by atoms with Crippen LogP contribution in [0.1, 0.15) is 42.6 Å². The molecule has 0 radical (unpaired) electrons. The number of nitrogens with zero attached hydrogens (tertiary/aromatic N) is 1. The highest BCUT2D eigenvalue weighted by molar-refractivity contribution is 5.43. The number of benzene rings is 2. The highest BCUT2D eigenvalue weighted by Gasteiger charge is 2.22. The average Bonchev–Trinajstić information content (AvgIpc) is 2.77. The minimum Gasteiger partial charge on any atom is -0.486 e. The third kappa shape index (κ3) is 5.10. The number of aliphatic hydroxyl groups excluding tert-OH is 1. The molecule has 0 amide bonds. The Morgan fingerprint density at radius 2 is 1.97 bits per heavy atom. The Kier molecular flexibility index (Phi) is 6.70. The van der Waals surface area contributed by atoms with E-state index in [4.69, 9.17) is 14.2 Å². The summed E-state index contributed by atoms with van der Waals surface area (Å²) in [5, 5.41) is 10.6. The zero-order valence-electron chi connectivity index (χ0n) is 17.2. The van der Waals surface area contributed by atoms with E-state index in [0.717, 1.165) is 49.4 Å². The Labute approximate surface area is 173 Å². The van der Waals surface area contributed by atoms with Crippen LogP contribution in [-0.2, 0) is 17.7 Å². The van der Waals surface area contributed by atoms with E-state index in [1.165, 1.54) is 11.1 Å². The van der Waals surface area contributed by atoms with Crippen molar-refractivity contribution in [1.82, 2.24) is 4.90 Å². The van der Waals surface area contributed by atoms with Gasteiger partial charge in [-0.05, 0) is 54.6 Å². The largest absolute Gasteiger partial charge is 0.486 e. The SMILES string of the molecule is CCN(Cc1ccc2c(c1)OCCO2)C[C@@H](O)CO[C@H]1CCCc2ccccc21. The topological polar surface area (TPSA) is 51.2 Å². The number of likely N-dealkylation sites (N-methyl/N-ethyl adjacent to an activating group) is 1. The van der Waals surface area contributed by atoms with Gasteiger partial charge in [-0.25, -0.2) is 0 Å². The van der Waals surface area contributed by atoms with Gasteiger partial charge in [0.2, 0.25) is 0 Å². The molecule has 5 nitrogen and oxygen atoms in total. The molecule has 0 spiro atoms. The zero-order valence-corrected chi connectivity index (χ0v) is 17.2. The van der Waals surface area contributed by atoms with Crippen molar-refractivity contribution in [2.45, 2.75) is 44.9 Å². The van der Waals surface area contributed by atoms with Crippen molar-refractivity contribution >= 4 is 0 Å². The molecule has 0 aromatic heterocycles. The number of hydrogen-bond donors (Lipinski definition) is 1. The molecule has 29 heavy (non-hydrogen) atoms. The molecule has 2 atom stereocenters. The number of aliphatic hydroxyl groups is 1. The second kappa shape index (κ2) is 9.61. The first-order valence-electron chi connectivity index (χ1n) is 10.7. The summed E-state index contributed by atoms with van der Waals surface area (Å²) >= 11 is 0. The van der Waals surface area contributed by atoms with Crippen molar-refractivity contribution in [3.63, 3.8) is 0 Å². The van der Waals surface area contributed by atoms with Crippen LogP contribution in [0.3, 0.4) is 0 Å². The second-order valence-corrected chi connectivity index (χ2v) is 7.87. The molecule has 0 fully saturated rings. The molecule has 0 saturated heterocycles. The van der Waals surface area contributed by atoms with Crippen molar-refractivity contribution in [1.29, 1.82) is 0 Å². The summed E-state index contributed by atoms with van der Waals surface area (Å²) < 4.78 is 17.4. The van der Waals surface area contributed by atoms with Crippen LogP contribution in [0.4, 0.5) is 0 Å². The van der Waals surface area contributed by atoms with Crippen molar-refractivity contribution < 1.29 is 19.3 Å². The van der Waals surface area contributed by atoms with E-state index in [-0.39, 0.29) is 6.10 Å². The second-order valence-electron chi connectivity index (χ2n) is 7.87. The minimum absolute atomic E-state index is 0.0995. The van der Waals surface area contributed by atoms with Crippen LogP contribution in [0.5, 0.6) is 11.5 Å². The monoisotopic (exact) mass is 397 g/mol. The summed E-state index contributed by atoms with van der Waals surface area (Å²) in [5.41, 5.74) is 3.83. The minimum atomic E-state index is -0.513. The molecule has 2 aromatic carbocycles. The third-order valence-electron chi connectivity index (χ3n) is 5.73. The molecule has 0 saturated carbocycles. The lowest BCUT2D eigenvalue weighted by molar-refractivity contribution is -0.0284. The van der Waals surface area contributed by atoms with Gasteiger partial charge in [0.1, 0.15) is 13.2 Å². The molecule has 0 bridgehead atoms. The van der Waals surface area contributed by atoms with Crippen LogP contribution in [0.25, 0.3) is 0 Å². The van der Waals surface area contributed by atoms with Crippen LogP contribution in [0.2, 0.25) is 0 Å². The maximum Gasteiger partial charge on any atom is 0.161 e. The summed E-state index contributed by atoms with van der Waals surface area (Å²) in [6.07, 6.45) is 2.88. The standard InChI is InChI=1S/C24H31NO4/c1-2-25(15-18-10-11-23-24(14-18)28-13-12-27-23)16-20(26)17-29-22-9-5-7-19-6-3-4-8-21(19)22/h3-4,6,8,10-11,14,20,22,26H,2,5,7,9,12-13,15-17H2,1H3/t20-,22+/m1/s1. The normalized spacial score (nSPS) is 19.1. The fourth-order valence-electron chi connectivity index (χ4n) is 4.21. The number of hydrogen-bond acceptors (Lipinski definition) is 5. The number of rotatable bonds is 8. The maximum absolute atomic E-state index is 10.6. The van der Waals surface area contributed by atoms with Crippen LogP contribution >= 0.6 is 0 Å². The lowest BCUT2D eigenvalue weighted by atomic mass is 9.89. The molecule has 2 aromatic rings. The third-order valence-corrected chi connectivity index (χ3v) is 5.73. The molecule has 2 aliphatic rings. The number of aryl methyl sites for hydroxylation is 1. The molecule has 1 aliphatic heterocycles. The lowest BCUT2D eigenvalue weighted by Gasteiger charge is -2.28. The quantitative estimate of drug-likeness (QED) is 0.736. The summed E-state index contributed by atoms with van der Waals surface area (Å²) in [6.45, 7) is 5.87. The van der Waals surface area contributed by atoms with Crippen molar-refractivity contribution in [2.75, 3.05) is 32.9 Å². The van der Waals surface area contributed by atoms with E-state index in [1.807, 2.05) is 12.1 Å². The smallest absolute Gasteiger partial charge is 0.161 e. The van der Waals surface area contributed by atoms with E-state index < -0.39 is 6.10 Å². The fraction of sp³-hybridized carbons (Fsp3) is 0.500. The van der Waals surface area contributed by atoms with Crippen molar-refractivity contribution in [3.8, 4) is 11.5 Å². The van der Waals surface area contributed by atoms with Crippen LogP contribution in [0.15, 0.2) is 42.5 Å². The Morgan fingerprint density at radius 1 is 1.14 bits per heavy atom. The zero-order chi connectivity index (χ0) is 20.1. The van der Waals surface area contributed by atoms with E-state index in [2.05, 4.69) is 42.2 Å². The first kappa shape index (κ1) is 20.2. The molecule has 156 valence electrons. The Bertz CT molecular complexity index is 809. The van der Waals surface area contributed by atoms with Gasteiger partial charge >= 0.3 is 0 Å². The van der Waals surface area contributed by atoms with Crippen LogP contribution < -0.4 is 9.47 Å². The fourth-order valence-corrected chi connectivity index (χ4v) is 4.21. The summed E-state index contributed by atoms with van der Waals surface area (Å²) in [7, 11) is 0. The summed E-state index contributed by atoms with van der Waals surface area (Å²) in [6, 6.07) is 14.6. The van der Waals surface area contributed by atoms with E-state index in [9.17, 15) is 5.11 Å². The van der Waals surface area contributed by atoms with Crippen molar-refractivity contribution in [2.24, 2.45) is 0 Å². The van der Waals surface area contributed by atoms with E-state index in [1.54, 1.807) is 0 Å². The molecular weight excluding hydrogens is 366 g/mol. The van der Waals surface area contributed by atoms with Gasteiger partial charge in [0.15, 0.2) is 11.5 Å². The van der Waals surface area contributed by atoms with Gasteiger partial charge in [0, 0.05) is 13.1 Å². The molecule has 5 heteroatoms. The Morgan fingerprint density at radius 3 is 2.83 bits per heavy atom. The number of ether oxygens (including phenoxy) is 3. The first-order valence-corrected chi connectivity index (χ1v) is 10.7. The average molecular weight is 398 g/mol. The van der Waals surface area contributed by atoms with E-state index in [0.29, 0.717) is 26.4 Å². The summed E-state index contributed by atoms with van der Waals surface area (Å²) in [5.74, 6) is 1.62. The predicted octanol–water partition coefficient (Wildman–Crippen LogP) is 3.73. The highest BCUT2D eigenvalue weighted by atomic mass is 16.6. The predicted molar refractivity (Wildman–Crippen MR) is 112 cm³/mol. The highest BCUT2D eigenvalue weighted by Crippen LogP contribution is 2.33. The van der Waals surface area contributed by atoms with Crippen LogP contribution in [-0.4, -0.2) is 49.0 Å². The van der Waals surface area contributed by atoms with Gasteiger partial charge in [-0.3, -0.25) is 4.90 Å². The molecule has 1 N–H and O–H groups in total. The molecule has 1 aliphatic carbocycles. The Balaban J connectivity index is 1.30. The molecule has 0 unspecified atom stereocenters.